The monoisotopic (exact) mass is 513 g/mol. The molecule has 0 fully saturated rings. The first kappa shape index (κ1) is 23.2. The molecule has 0 saturated heterocycles. The third-order valence-electron chi connectivity index (χ3n) is 4.19. The van der Waals surface area contributed by atoms with Crippen molar-refractivity contribution in [2.75, 3.05) is 5.32 Å². The molecule has 0 saturated carbocycles. The van der Waals surface area contributed by atoms with E-state index < -0.39 is 17.8 Å². The third-order valence-corrected chi connectivity index (χ3v) is 4.92. The van der Waals surface area contributed by atoms with Gasteiger partial charge in [-0.25, -0.2) is 10.2 Å². The highest BCUT2D eigenvalue weighted by Crippen LogP contribution is 2.20. The number of rotatable bonds is 5. The molecule has 0 aliphatic heterocycles. The predicted molar refractivity (Wildman–Crippen MR) is 126 cm³/mol. The molecule has 0 atom stereocenters. The van der Waals surface area contributed by atoms with Crippen LogP contribution in [0.1, 0.15) is 21.5 Å². The van der Waals surface area contributed by atoms with Crippen molar-refractivity contribution in [1.29, 1.82) is 0 Å². The number of para-hydroxylation sites is 1. The van der Waals surface area contributed by atoms with Crippen LogP contribution in [0, 0.1) is 6.92 Å². The summed E-state index contributed by atoms with van der Waals surface area (Å²) in [5.74, 6) is -2.18. The van der Waals surface area contributed by atoms with Crippen molar-refractivity contribution in [3.8, 4) is 5.75 Å². The molecule has 2 amide bonds. The molecule has 2 N–H and O–H groups in total. The van der Waals surface area contributed by atoms with Gasteiger partial charge in [-0.05, 0) is 61.0 Å². The second kappa shape index (κ2) is 10.7. The molecule has 0 aliphatic rings. The molecule has 0 radical (unpaired) electrons. The molecule has 9 heteroatoms. The summed E-state index contributed by atoms with van der Waals surface area (Å²) in [7, 11) is 0. The van der Waals surface area contributed by atoms with Gasteiger partial charge in [-0.2, -0.15) is 5.10 Å². The van der Waals surface area contributed by atoms with E-state index in [1.807, 2.05) is 6.07 Å². The van der Waals surface area contributed by atoms with Crippen LogP contribution in [-0.4, -0.2) is 24.0 Å². The molecule has 3 rings (SSSR count). The molecular weight excluding hydrogens is 498 g/mol. The molecule has 0 aromatic heterocycles. The van der Waals surface area contributed by atoms with E-state index in [0.717, 1.165) is 10.0 Å². The van der Waals surface area contributed by atoms with E-state index in [9.17, 15) is 14.4 Å². The summed E-state index contributed by atoms with van der Waals surface area (Å²) in [6.07, 6.45) is 1.27. The van der Waals surface area contributed by atoms with Gasteiger partial charge in [0.2, 0.25) is 0 Å². The van der Waals surface area contributed by atoms with Crippen molar-refractivity contribution in [3.05, 3.63) is 92.9 Å². The number of carbonyl (C=O) groups excluding carboxylic acids is 3. The van der Waals surface area contributed by atoms with Gasteiger partial charge in [0, 0.05) is 20.7 Å². The lowest BCUT2D eigenvalue weighted by Crippen LogP contribution is -2.32. The topological polar surface area (TPSA) is 96.9 Å². The minimum absolute atomic E-state index is 0.227. The van der Waals surface area contributed by atoms with Gasteiger partial charge in [0.05, 0.1) is 11.8 Å². The first-order valence-electron chi connectivity index (χ1n) is 9.31. The number of hydrogen-bond acceptors (Lipinski definition) is 5. The van der Waals surface area contributed by atoms with Crippen LogP contribution in [0.15, 0.2) is 76.3 Å². The minimum atomic E-state index is -0.947. The Bertz CT molecular complexity index is 1210. The van der Waals surface area contributed by atoms with E-state index in [4.69, 9.17) is 16.3 Å². The molecule has 0 aliphatic carbocycles. The number of amides is 2. The van der Waals surface area contributed by atoms with Crippen LogP contribution < -0.4 is 15.5 Å². The fraction of sp³-hybridized carbons (Fsp3) is 0.0435. The summed E-state index contributed by atoms with van der Waals surface area (Å²) in [6, 6.07) is 18.2. The van der Waals surface area contributed by atoms with Gasteiger partial charge in [-0.3, -0.25) is 9.59 Å². The molecule has 0 unspecified atom stereocenters. The van der Waals surface area contributed by atoms with E-state index in [1.54, 1.807) is 61.5 Å². The van der Waals surface area contributed by atoms with Crippen LogP contribution in [0.4, 0.5) is 5.69 Å². The van der Waals surface area contributed by atoms with Crippen LogP contribution in [0.25, 0.3) is 0 Å². The van der Waals surface area contributed by atoms with Crippen LogP contribution in [0.3, 0.4) is 0 Å². The van der Waals surface area contributed by atoms with E-state index in [1.165, 1.54) is 12.3 Å². The Morgan fingerprint density at radius 2 is 1.78 bits per heavy atom. The summed E-state index contributed by atoms with van der Waals surface area (Å²) in [6.45, 7) is 1.80. The lowest BCUT2D eigenvalue weighted by atomic mass is 10.2. The van der Waals surface area contributed by atoms with Crippen LogP contribution in [-0.2, 0) is 9.59 Å². The van der Waals surface area contributed by atoms with Gasteiger partial charge in [0.1, 0.15) is 5.75 Å². The summed E-state index contributed by atoms with van der Waals surface area (Å²) < 4.78 is 6.27. The molecular formula is C23H17BrClN3O4. The molecule has 162 valence electrons. The van der Waals surface area contributed by atoms with Gasteiger partial charge in [-0.1, -0.05) is 45.7 Å². The van der Waals surface area contributed by atoms with E-state index >= 15 is 0 Å². The van der Waals surface area contributed by atoms with Crippen LogP contribution >= 0.6 is 27.5 Å². The van der Waals surface area contributed by atoms with Crippen LogP contribution in [0.2, 0.25) is 5.02 Å². The number of benzene rings is 3. The standard InChI is InChI=1S/C23H17BrClN3O4/c1-14-11-17(24)9-10-19(14)27-21(29)22(30)28-26-13-16-5-2-3-8-20(16)32-23(31)15-6-4-7-18(25)12-15/h2-13H,1H3,(H,27,29)(H,28,30)/b26-13+. The lowest BCUT2D eigenvalue weighted by Gasteiger charge is -2.08. The average molecular weight is 515 g/mol. The molecule has 32 heavy (non-hydrogen) atoms. The van der Waals surface area contributed by atoms with Gasteiger partial charge >= 0.3 is 17.8 Å². The Balaban J connectivity index is 1.63. The quantitative estimate of drug-likeness (QED) is 0.169. The highest BCUT2D eigenvalue weighted by atomic mass is 79.9. The maximum atomic E-state index is 12.4. The number of nitrogens with one attached hydrogen (secondary N) is 2. The normalized spacial score (nSPS) is 10.6. The van der Waals surface area contributed by atoms with E-state index in [-0.39, 0.29) is 11.3 Å². The summed E-state index contributed by atoms with van der Waals surface area (Å²) in [5, 5.41) is 6.72. The molecule has 3 aromatic rings. The Morgan fingerprint density at radius 3 is 2.53 bits per heavy atom. The molecule has 7 nitrogen and oxygen atoms in total. The van der Waals surface area contributed by atoms with Crippen LogP contribution in [0.5, 0.6) is 5.75 Å². The second-order valence-electron chi connectivity index (χ2n) is 6.55. The molecule has 0 bridgehead atoms. The summed E-state index contributed by atoms with van der Waals surface area (Å²) >= 11 is 9.25. The number of nitrogens with zero attached hydrogens (tertiary/aromatic N) is 1. The number of carbonyl (C=O) groups is 3. The fourth-order valence-electron chi connectivity index (χ4n) is 2.61. The van der Waals surface area contributed by atoms with Crippen molar-refractivity contribution in [3.63, 3.8) is 0 Å². The van der Waals surface area contributed by atoms with Crippen molar-refractivity contribution in [2.24, 2.45) is 5.10 Å². The second-order valence-corrected chi connectivity index (χ2v) is 7.90. The number of halogens is 2. The first-order chi connectivity index (χ1) is 15.3. The van der Waals surface area contributed by atoms with Gasteiger partial charge in [-0.15, -0.1) is 0 Å². The molecule has 0 heterocycles. The lowest BCUT2D eigenvalue weighted by molar-refractivity contribution is -0.136. The van der Waals surface area contributed by atoms with E-state index in [2.05, 4.69) is 31.8 Å². The van der Waals surface area contributed by atoms with Gasteiger partial charge in [0.15, 0.2) is 0 Å². The van der Waals surface area contributed by atoms with Gasteiger partial charge < -0.3 is 10.1 Å². The zero-order valence-electron chi connectivity index (χ0n) is 16.8. The number of hydrazone groups is 1. The Hall–Kier alpha value is -3.49. The minimum Gasteiger partial charge on any atom is -0.422 e. The maximum absolute atomic E-state index is 12.4. The highest BCUT2D eigenvalue weighted by molar-refractivity contribution is 9.10. The smallest absolute Gasteiger partial charge is 0.343 e. The van der Waals surface area contributed by atoms with Gasteiger partial charge in [0.25, 0.3) is 0 Å². The number of aryl methyl sites for hydroxylation is 1. The van der Waals surface area contributed by atoms with E-state index in [0.29, 0.717) is 16.3 Å². The first-order valence-corrected chi connectivity index (χ1v) is 10.5. The molecule has 3 aromatic carbocycles. The number of anilines is 1. The van der Waals surface area contributed by atoms with Crippen molar-refractivity contribution in [1.82, 2.24) is 5.43 Å². The maximum Gasteiger partial charge on any atom is 0.343 e. The van der Waals surface area contributed by atoms with Crippen molar-refractivity contribution < 1.29 is 19.1 Å². The Labute approximate surface area is 197 Å². The number of esters is 1. The largest absolute Gasteiger partial charge is 0.422 e. The summed E-state index contributed by atoms with van der Waals surface area (Å²) in [4.78, 5) is 36.5. The highest BCUT2D eigenvalue weighted by Gasteiger charge is 2.15. The fourth-order valence-corrected chi connectivity index (χ4v) is 3.28. The average Bonchev–Trinajstić information content (AvgIpc) is 2.76. The number of hydrogen-bond donors (Lipinski definition) is 2. The SMILES string of the molecule is Cc1cc(Br)ccc1NC(=O)C(=O)N/N=C/c1ccccc1OC(=O)c1cccc(Cl)c1. The zero-order valence-corrected chi connectivity index (χ0v) is 19.1. The Morgan fingerprint density at radius 1 is 1.00 bits per heavy atom. The Kier molecular flexibility index (Phi) is 7.75. The third kappa shape index (κ3) is 6.26. The van der Waals surface area contributed by atoms with Crippen molar-refractivity contribution in [2.45, 2.75) is 6.92 Å². The zero-order chi connectivity index (χ0) is 23.1. The summed E-state index contributed by atoms with van der Waals surface area (Å²) in [5.41, 5.74) is 4.17. The predicted octanol–water partition coefficient (Wildman–Crippen LogP) is 4.72. The molecule has 0 spiro atoms. The number of ether oxygens (including phenoxy) is 1. The van der Waals surface area contributed by atoms with Crippen molar-refractivity contribution >= 4 is 57.2 Å².